The molecule has 2 heterocycles. The van der Waals surface area contributed by atoms with Crippen molar-refractivity contribution in [2.75, 3.05) is 0 Å². The second-order valence-electron chi connectivity index (χ2n) is 5.00. The van der Waals surface area contributed by atoms with E-state index in [-0.39, 0.29) is 24.2 Å². The molecule has 5 atom stereocenters. The summed E-state index contributed by atoms with van der Waals surface area (Å²) < 4.78 is 5.55. The number of amides is 1. The highest BCUT2D eigenvalue weighted by Gasteiger charge is 2.55. The van der Waals surface area contributed by atoms with Gasteiger partial charge >= 0.3 is 5.97 Å². The van der Waals surface area contributed by atoms with Crippen LogP contribution in [0.3, 0.4) is 0 Å². The Bertz CT molecular complexity index is 330. The number of carboxylic acid groups (broad SMARTS) is 1. The number of aliphatic carboxylic acids is 1. The molecule has 2 saturated heterocycles. The minimum atomic E-state index is -0.915. The van der Waals surface area contributed by atoms with Gasteiger partial charge in [-0.3, -0.25) is 9.59 Å². The lowest BCUT2D eigenvalue weighted by Crippen LogP contribution is -2.46. The van der Waals surface area contributed by atoms with Crippen molar-refractivity contribution in [2.24, 2.45) is 11.8 Å². The first kappa shape index (κ1) is 12.4. The summed E-state index contributed by atoms with van der Waals surface area (Å²) in [6, 6.07) is 0.0797. The first-order valence-electron chi connectivity index (χ1n) is 6.23. The quantitative estimate of drug-likeness (QED) is 0.762. The van der Waals surface area contributed by atoms with Gasteiger partial charge in [0.2, 0.25) is 5.91 Å². The smallest absolute Gasteiger partial charge is 0.310 e. The molecule has 5 nitrogen and oxygen atoms in total. The molecule has 5 heteroatoms. The molecule has 96 valence electrons. The lowest BCUT2D eigenvalue weighted by molar-refractivity contribution is -0.148. The summed E-state index contributed by atoms with van der Waals surface area (Å²) in [4.78, 5) is 23.3. The molecule has 0 aromatic carbocycles. The average molecular weight is 241 g/mol. The van der Waals surface area contributed by atoms with E-state index in [9.17, 15) is 14.7 Å². The van der Waals surface area contributed by atoms with E-state index in [0.29, 0.717) is 0 Å². The first-order chi connectivity index (χ1) is 8.04. The minimum Gasteiger partial charge on any atom is -0.481 e. The summed E-state index contributed by atoms with van der Waals surface area (Å²) in [6.45, 7) is 3.90. The Kier molecular flexibility index (Phi) is 3.38. The van der Waals surface area contributed by atoms with Crippen LogP contribution in [0.5, 0.6) is 0 Å². The minimum absolute atomic E-state index is 0.0797. The Morgan fingerprint density at radius 2 is 1.94 bits per heavy atom. The Morgan fingerprint density at radius 1 is 1.35 bits per heavy atom. The summed E-state index contributed by atoms with van der Waals surface area (Å²) in [6.07, 6.45) is 1.92. The number of carbonyl (C=O) groups excluding carboxylic acids is 1. The Balaban J connectivity index is 2.08. The Labute approximate surface area is 101 Å². The molecule has 17 heavy (non-hydrogen) atoms. The van der Waals surface area contributed by atoms with Crippen LogP contribution in [0.1, 0.15) is 33.1 Å². The second-order valence-corrected chi connectivity index (χ2v) is 5.00. The SMILES string of the molecule is CC[C@@H](C)NC(=O)[C@@H]1[C@@H](C(=O)O)[C@H]2CC[C@@H]1O2. The molecule has 2 N–H and O–H groups in total. The van der Waals surface area contributed by atoms with Gasteiger partial charge in [-0.05, 0) is 26.2 Å². The maximum atomic E-state index is 12.1. The van der Waals surface area contributed by atoms with Gasteiger partial charge in [-0.25, -0.2) is 0 Å². The molecule has 0 aliphatic carbocycles. The van der Waals surface area contributed by atoms with E-state index in [1.54, 1.807) is 0 Å². The molecule has 2 rings (SSSR count). The number of rotatable bonds is 4. The van der Waals surface area contributed by atoms with Crippen molar-refractivity contribution in [2.45, 2.75) is 51.4 Å². The highest BCUT2D eigenvalue weighted by atomic mass is 16.5. The van der Waals surface area contributed by atoms with Gasteiger partial charge in [0.05, 0.1) is 24.0 Å². The fraction of sp³-hybridized carbons (Fsp3) is 0.833. The van der Waals surface area contributed by atoms with Gasteiger partial charge in [-0.15, -0.1) is 0 Å². The summed E-state index contributed by atoms with van der Waals surface area (Å²) >= 11 is 0. The molecule has 0 unspecified atom stereocenters. The van der Waals surface area contributed by atoms with Crippen molar-refractivity contribution < 1.29 is 19.4 Å². The van der Waals surface area contributed by atoms with Crippen LogP contribution in [0.4, 0.5) is 0 Å². The molecule has 0 saturated carbocycles. The fourth-order valence-corrected chi connectivity index (χ4v) is 2.77. The van der Waals surface area contributed by atoms with Gasteiger partial charge in [0.25, 0.3) is 0 Å². The zero-order chi connectivity index (χ0) is 12.6. The number of hydrogen-bond acceptors (Lipinski definition) is 3. The lowest BCUT2D eigenvalue weighted by Gasteiger charge is -2.25. The van der Waals surface area contributed by atoms with Gasteiger partial charge in [-0.1, -0.05) is 6.92 Å². The average Bonchev–Trinajstić information content (AvgIpc) is 2.87. The Morgan fingerprint density at radius 3 is 2.47 bits per heavy atom. The molecule has 0 spiro atoms. The predicted octanol–water partition coefficient (Wildman–Crippen LogP) is 0.779. The lowest BCUT2D eigenvalue weighted by atomic mass is 9.78. The molecule has 2 fully saturated rings. The van der Waals surface area contributed by atoms with Crippen LogP contribution in [0.2, 0.25) is 0 Å². The van der Waals surface area contributed by atoms with Crippen LogP contribution in [0.15, 0.2) is 0 Å². The molecule has 0 aromatic rings. The van der Waals surface area contributed by atoms with Crippen LogP contribution >= 0.6 is 0 Å². The molecular weight excluding hydrogens is 222 g/mol. The van der Waals surface area contributed by atoms with E-state index in [1.807, 2.05) is 13.8 Å². The second kappa shape index (κ2) is 4.64. The third-order valence-corrected chi connectivity index (χ3v) is 3.86. The maximum Gasteiger partial charge on any atom is 0.310 e. The highest BCUT2D eigenvalue weighted by molar-refractivity contribution is 5.86. The van der Waals surface area contributed by atoms with E-state index in [4.69, 9.17) is 4.74 Å². The number of ether oxygens (including phenoxy) is 1. The van der Waals surface area contributed by atoms with E-state index >= 15 is 0 Å². The van der Waals surface area contributed by atoms with Crippen LogP contribution < -0.4 is 5.32 Å². The number of nitrogens with one attached hydrogen (secondary N) is 1. The number of carbonyl (C=O) groups is 2. The monoisotopic (exact) mass is 241 g/mol. The number of fused-ring (bicyclic) bond motifs is 2. The van der Waals surface area contributed by atoms with Crippen LogP contribution in [-0.4, -0.2) is 35.2 Å². The standard InChI is InChI=1S/C12H19NO4/c1-3-6(2)13-11(14)9-7-4-5-8(17-7)10(9)12(15)16/h6-10H,3-5H2,1-2H3,(H,13,14)(H,15,16)/t6-,7+,8-,9+,10+/m1/s1. The van der Waals surface area contributed by atoms with Crippen molar-refractivity contribution in [3.05, 3.63) is 0 Å². The topological polar surface area (TPSA) is 75.6 Å². The van der Waals surface area contributed by atoms with Gasteiger partial charge in [0.1, 0.15) is 0 Å². The normalized spacial score (nSPS) is 36.8. The molecule has 1 amide bonds. The molecule has 2 aliphatic rings. The Hall–Kier alpha value is -1.10. The third-order valence-electron chi connectivity index (χ3n) is 3.86. The number of carboxylic acids is 1. The summed E-state index contributed by atoms with van der Waals surface area (Å²) in [7, 11) is 0. The highest BCUT2D eigenvalue weighted by Crippen LogP contribution is 2.43. The van der Waals surface area contributed by atoms with Crippen LogP contribution in [0.25, 0.3) is 0 Å². The van der Waals surface area contributed by atoms with Gasteiger partial charge in [0.15, 0.2) is 0 Å². The van der Waals surface area contributed by atoms with Gasteiger partial charge in [-0.2, -0.15) is 0 Å². The van der Waals surface area contributed by atoms with E-state index < -0.39 is 17.8 Å². The van der Waals surface area contributed by atoms with Crippen molar-refractivity contribution in [3.8, 4) is 0 Å². The molecule has 0 radical (unpaired) electrons. The maximum absolute atomic E-state index is 12.1. The third kappa shape index (κ3) is 2.16. The van der Waals surface area contributed by atoms with Gasteiger partial charge in [0, 0.05) is 6.04 Å². The predicted molar refractivity (Wildman–Crippen MR) is 60.4 cm³/mol. The number of hydrogen-bond donors (Lipinski definition) is 2. The first-order valence-corrected chi connectivity index (χ1v) is 6.23. The van der Waals surface area contributed by atoms with E-state index in [1.165, 1.54) is 0 Å². The molecule has 0 aromatic heterocycles. The van der Waals surface area contributed by atoms with E-state index in [0.717, 1.165) is 19.3 Å². The zero-order valence-corrected chi connectivity index (χ0v) is 10.2. The summed E-state index contributed by atoms with van der Waals surface area (Å²) in [5.74, 6) is -2.27. The largest absolute Gasteiger partial charge is 0.481 e. The van der Waals surface area contributed by atoms with Crippen molar-refractivity contribution in [1.82, 2.24) is 5.32 Å². The summed E-state index contributed by atoms with van der Waals surface area (Å²) in [5.41, 5.74) is 0. The van der Waals surface area contributed by atoms with Crippen molar-refractivity contribution in [3.63, 3.8) is 0 Å². The summed E-state index contributed by atoms with van der Waals surface area (Å²) in [5, 5.41) is 12.0. The van der Waals surface area contributed by atoms with E-state index in [2.05, 4.69) is 5.32 Å². The van der Waals surface area contributed by atoms with Crippen molar-refractivity contribution in [1.29, 1.82) is 0 Å². The molecule has 2 aliphatic heterocycles. The van der Waals surface area contributed by atoms with Crippen molar-refractivity contribution >= 4 is 11.9 Å². The fourth-order valence-electron chi connectivity index (χ4n) is 2.77. The zero-order valence-electron chi connectivity index (χ0n) is 10.2. The van der Waals surface area contributed by atoms with Crippen LogP contribution in [-0.2, 0) is 14.3 Å². The molecule has 2 bridgehead atoms. The molecular formula is C12H19NO4. The van der Waals surface area contributed by atoms with Crippen LogP contribution in [0, 0.1) is 11.8 Å². The van der Waals surface area contributed by atoms with Gasteiger partial charge < -0.3 is 15.2 Å².